The predicted molar refractivity (Wildman–Crippen MR) is 59.6 cm³/mol. The molecule has 0 spiro atoms. The zero-order valence-corrected chi connectivity index (χ0v) is 9.18. The topological polar surface area (TPSA) is 77.8 Å². The second-order valence-electron chi connectivity index (χ2n) is 3.57. The monoisotopic (exact) mass is 218 g/mol. The molecule has 0 unspecified atom stereocenters. The van der Waals surface area contributed by atoms with Gasteiger partial charge in [0.2, 0.25) is 11.7 Å². The van der Waals surface area contributed by atoms with Crippen LogP contribution >= 0.6 is 0 Å². The Kier molecular flexibility index (Phi) is 3.26. The van der Waals surface area contributed by atoms with Crippen LogP contribution in [0.1, 0.15) is 17.9 Å². The molecule has 5 nitrogen and oxygen atoms in total. The van der Waals surface area contributed by atoms with E-state index in [0.29, 0.717) is 18.3 Å². The van der Waals surface area contributed by atoms with Crippen molar-refractivity contribution in [1.29, 1.82) is 0 Å². The molecule has 0 radical (unpaired) electrons. The highest BCUT2D eigenvalue weighted by Gasteiger charge is 2.10. The summed E-state index contributed by atoms with van der Waals surface area (Å²) in [6, 6.07) is 3.85. The first kappa shape index (κ1) is 10.8. The van der Waals surface area contributed by atoms with Crippen LogP contribution in [0.2, 0.25) is 0 Å². The first-order valence-corrected chi connectivity index (χ1v) is 5.26. The van der Waals surface area contributed by atoms with E-state index in [1.54, 1.807) is 6.20 Å². The molecule has 0 aliphatic carbocycles. The number of nitrogens with zero attached hydrogens (tertiary/aromatic N) is 3. The molecule has 2 rings (SSSR count). The lowest BCUT2D eigenvalue weighted by Gasteiger charge is -1.96. The number of aryl methyl sites for hydroxylation is 2. The fourth-order valence-corrected chi connectivity index (χ4v) is 1.43. The third-order valence-corrected chi connectivity index (χ3v) is 2.28. The van der Waals surface area contributed by atoms with E-state index in [9.17, 15) is 0 Å². The van der Waals surface area contributed by atoms with Gasteiger partial charge in [-0.3, -0.25) is 4.98 Å². The molecular weight excluding hydrogens is 204 g/mol. The molecule has 16 heavy (non-hydrogen) atoms. The second-order valence-corrected chi connectivity index (χ2v) is 3.57. The van der Waals surface area contributed by atoms with E-state index in [0.717, 1.165) is 24.1 Å². The Bertz CT molecular complexity index is 467. The minimum Gasteiger partial charge on any atom is -0.339 e. The number of nitrogens with two attached hydrogens (primary N) is 1. The summed E-state index contributed by atoms with van der Waals surface area (Å²) in [7, 11) is 0. The van der Waals surface area contributed by atoms with Crippen molar-refractivity contribution in [1.82, 2.24) is 15.1 Å². The molecule has 0 atom stereocenters. The van der Waals surface area contributed by atoms with E-state index < -0.39 is 0 Å². The molecule has 0 saturated heterocycles. The van der Waals surface area contributed by atoms with Crippen LogP contribution in [0.5, 0.6) is 0 Å². The molecule has 84 valence electrons. The molecule has 0 saturated carbocycles. The third-order valence-electron chi connectivity index (χ3n) is 2.28. The fourth-order valence-electron chi connectivity index (χ4n) is 1.43. The quantitative estimate of drug-likeness (QED) is 0.837. The van der Waals surface area contributed by atoms with Crippen LogP contribution in [-0.4, -0.2) is 21.7 Å². The number of aromatic nitrogens is 3. The zero-order chi connectivity index (χ0) is 11.4. The lowest BCUT2D eigenvalue weighted by molar-refractivity contribution is 0.376. The van der Waals surface area contributed by atoms with Gasteiger partial charge in [-0.2, -0.15) is 4.98 Å². The third kappa shape index (κ3) is 2.25. The van der Waals surface area contributed by atoms with Gasteiger partial charge in [-0.1, -0.05) is 11.2 Å². The molecule has 2 aromatic rings. The summed E-state index contributed by atoms with van der Waals surface area (Å²) >= 11 is 0. The van der Waals surface area contributed by atoms with Crippen molar-refractivity contribution in [3.8, 4) is 11.5 Å². The molecule has 0 amide bonds. The summed E-state index contributed by atoms with van der Waals surface area (Å²) in [5.41, 5.74) is 7.22. The van der Waals surface area contributed by atoms with Crippen molar-refractivity contribution in [3.63, 3.8) is 0 Å². The largest absolute Gasteiger partial charge is 0.339 e. The Morgan fingerprint density at radius 2 is 2.31 bits per heavy atom. The number of hydrogen-bond acceptors (Lipinski definition) is 5. The van der Waals surface area contributed by atoms with E-state index in [-0.39, 0.29) is 0 Å². The maximum absolute atomic E-state index is 5.42. The van der Waals surface area contributed by atoms with Gasteiger partial charge in [0.15, 0.2) is 0 Å². The standard InChI is InChI=1S/C11H14N4O/c1-8-4-3-7-13-10(8)11-14-9(16-15-11)5-2-6-12/h3-4,7H,2,5-6,12H2,1H3. The molecule has 0 aliphatic rings. The van der Waals surface area contributed by atoms with Gasteiger partial charge in [0.05, 0.1) is 0 Å². The first-order valence-electron chi connectivity index (χ1n) is 5.26. The first-order chi connectivity index (χ1) is 7.81. The molecular formula is C11H14N4O. The summed E-state index contributed by atoms with van der Waals surface area (Å²) in [6.07, 6.45) is 3.29. The van der Waals surface area contributed by atoms with Crippen molar-refractivity contribution < 1.29 is 4.52 Å². The van der Waals surface area contributed by atoms with Crippen LogP contribution < -0.4 is 5.73 Å². The minimum atomic E-state index is 0.546. The molecule has 2 aromatic heterocycles. The normalized spacial score (nSPS) is 10.6. The van der Waals surface area contributed by atoms with E-state index in [2.05, 4.69) is 15.1 Å². The highest BCUT2D eigenvalue weighted by Crippen LogP contribution is 2.17. The number of pyridine rings is 1. The molecule has 5 heteroatoms. The summed E-state index contributed by atoms with van der Waals surface area (Å²) in [6.45, 7) is 2.60. The van der Waals surface area contributed by atoms with Gasteiger partial charge < -0.3 is 10.3 Å². The SMILES string of the molecule is Cc1cccnc1-c1noc(CCCN)n1. The molecule has 0 fully saturated rings. The molecule has 0 aliphatic heterocycles. The Balaban J connectivity index is 2.22. The van der Waals surface area contributed by atoms with Crippen molar-refractivity contribution in [2.75, 3.05) is 6.54 Å². The van der Waals surface area contributed by atoms with Gasteiger partial charge in [-0.05, 0) is 31.5 Å². The van der Waals surface area contributed by atoms with Crippen LogP contribution in [0.3, 0.4) is 0 Å². The molecule has 2 heterocycles. The van der Waals surface area contributed by atoms with Crippen LogP contribution in [0.15, 0.2) is 22.9 Å². The Labute approximate surface area is 93.7 Å². The van der Waals surface area contributed by atoms with Crippen LogP contribution in [0.25, 0.3) is 11.5 Å². The van der Waals surface area contributed by atoms with E-state index in [4.69, 9.17) is 10.3 Å². The predicted octanol–water partition coefficient (Wildman–Crippen LogP) is 1.33. The van der Waals surface area contributed by atoms with E-state index in [1.807, 2.05) is 19.1 Å². The maximum atomic E-state index is 5.42. The van der Waals surface area contributed by atoms with Gasteiger partial charge in [-0.25, -0.2) is 0 Å². The Hall–Kier alpha value is -1.75. The summed E-state index contributed by atoms with van der Waals surface area (Å²) in [4.78, 5) is 8.52. The van der Waals surface area contributed by atoms with Crippen LogP contribution in [0, 0.1) is 6.92 Å². The van der Waals surface area contributed by atoms with Crippen LogP contribution in [-0.2, 0) is 6.42 Å². The van der Waals surface area contributed by atoms with Gasteiger partial charge in [0.1, 0.15) is 5.69 Å². The summed E-state index contributed by atoms with van der Waals surface area (Å²) in [5, 5.41) is 3.91. The van der Waals surface area contributed by atoms with Gasteiger partial charge >= 0.3 is 0 Å². The van der Waals surface area contributed by atoms with E-state index >= 15 is 0 Å². The lowest BCUT2D eigenvalue weighted by atomic mass is 10.2. The Morgan fingerprint density at radius 1 is 1.44 bits per heavy atom. The number of hydrogen-bond donors (Lipinski definition) is 1. The summed E-state index contributed by atoms with van der Waals surface area (Å²) < 4.78 is 5.12. The van der Waals surface area contributed by atoms with Crippen molar-refractivity contribution >= 4 is 0 Å². The molecule has 0 aromatic carbocycles. The van der Waals surface area contributed by atoms with Crippen molar-refractivity contribution in [3.05, 3.63) is 29.8 Å². The minimum absolute atomic E-state index is 0.546. The lowest BCUT2D eigenvalue weighted by Crippen LogP contribution is -2.00. The Morgan fingerprint density at radius 3 is 3.06 bits per heavy atom. The van der Waals surface area contributed by atoms with E-state index in [1.165, 1.54) is 0 Å². The fraction of sp³-hybridized carbons (Fsp3) is 0.364. The maximum Gasteiger partial charge on any atom is 0.227 e. The van der Waals surface area contributed by atoms with Gasteiger partial charge in [0, 0.05) is 12.6 Å². The highest BCUT2D eigenvalue weighted by atomic mass is 16.5. The molecule has 0 bridgehead atoms. The van der Waals surface area contributed by atoms with Crippen molar-refractivity contribution in [2.45, 2.75) is 19.8 Å². The highest BCUT2D eigenvalue weighted by molar-refractivity contribution is 5.52. The summed E-state index contributed by atoms with van der Waals surface area (Å²) in [5.74, 6) is 1.16. The van der Waals surface area contributed by atoms with Crippen molar-refractivity contribution in [2.24, 2.45) is 5.73 Å². The molecule has 2 N–H and O–H groups in total. The number of rotatable bonds is 4. The average Bonchev–Trinajstić information content (AvgIpc) is 2.75. The van der Waals surface area contributed by atoms with Gasteiger partial charge in [0.25, 0.3) is 0 Å². The van der Waals surface area contributed by atoms with Crippen LogP contribution in [0.4, 0.5) is 0 Å². The average molecular weight is 218 g/mol. The van der Waals surface area contributed by atoms with Gasteiger partial charge in [-0.15, -0.1) is 0 Å². The zero-order valence-electron chi connectivity index (χ0n) is 9.18. The smallest absolute Gasteiger partial charge is 0.227 e. The second kappa shape index (κ2) is 4.85.